The lowest BCUT2D eigenvalue weighted by atomic mass is 9.87. The van der Waals surface area contributed by atoms with Gasteiger partial charge < -0.3 is 9.52 Å². The molecule has 0 atom stereocenters. The minimum Gasteiger partial charge on any atom is -0.504 e. The van der Waals surface area contributed by atoms with Crippen LogP contribution < -0.4 is 0 Å². The topological polar surface area (TPSA) is 46.3 Å². The van der Waals surface area contributed by atoms with Gasteiger partial charge in [0.15, 0.2) is 11.3 Å². The van der Waals surface area contributed by atoms with Gasteiger partial charge in [-0.25, -0.2) is 4.98 Å². The van der Waals surface area contributed by atoms with E-state index >= 15 is 0 Å². The molecule has 0 fully saturated rings. The van der Waals surface area contributed by atoms with Gasteiger partial charge in [-0.15, -0.1) is 0 Å². The van der Waals surface area contributed by atoms with Gasteiger partial charge in [-0.1, -0.05) is 39.0 Å². The van der Waals surface area contributed by atoms with Gasteiger partial charge in [-0.05, 0) is 35.2 Å². The standard InChI is InChI=1S/C17H17NO2/c1-17(2,3)12-9-7-11(8-10-12)16-18-13-5-4-6-14(19)15(13)20-16/h4-10,19H,1-3H3. The van der Waals surface area contributed by atoms with Crippen LogP contribution in [0.25, 0.3) is 22.6 Å². The second-order valence-corrected chi connectivity index (χ2v) is 5.97. The molecule has 102 valence electrons. The van der Waals surface area contributed by atoms with E-state index in [9.17, 15) is 5.11 Å². The van der Waals surface area contributed by atoms with Gasteiger partial charge in [0.05, 0.1) is 0 Å². The van der Waals surface area contributed by atoms with Gasteiger partial charge in [0.1, 0.15) is 5.52 Å². The summed E-state index contributed by atoms with van der Waals surface area (Å²) in [4.78, 5) is 4.41. The molecule has 1 heterocycles. The van der Waals surface area contributed by atoms with Crippen molar-refractivity contribution in [3.63, 3.8) is 0 Å². The number of hydrogen-bond acceptors (Lipinski definition) is 3. The second-order valence-electron chi connectivity index (χ2n) is 5.97. The van der Waals surface area contributed by atoms with Crippen molar-refractivity contribution >= 4 is 11.1 Å². The number of fused-ring (bicyclic) bond motifs is 1. The molecule has 0 saturated carbocycles. The van der Waals surface area contributed by atoms with Crippen LogP contribution in [0.3, 0.4) is 0 Å². The summed E-state index contributed by atoms with van der Waals surface area (Å²) in [7, 11) is 0. The lowest BCUT2D eigenvalue weighted by molar-refractivity contribution is 0.466. The van der Waals surface area contributed by atoms with Crippen LogP contribution in [0.15, 0.2) is 46.9 Å². The molecular weight excluding hydrogens is 250 g/mol. The Morgan fingerprint density at radius 3 is 2.30 bits per heavy atom. The van der Waals surface area contributed by atoms with E-state index in [1.54, 1.807) is 12.1 Å². The van der Waals surface area contributed by atoms with Crippen LogP contribution in [-0.4, -0.2) is 10.1 Å². The van der Waals surface area contributed by atoms with Crippen molar-refractivity contribution in [3.05, 3.63) is 48.0 Å². The van der Waals surface area contributed by atoms with Crippen LogP contribution >= 0.6 is 0 Å². The first-order valence-corrected chi connectivity index (χ1v) is 6.64. The molecule has 20 heavy (non-hydrogen) atoms. The molecule has 0 unspecified atom stereocenters. The van der Waals surface area contributed by atoms with Gasteiger partial charge in [-0.2, -0.15) is 0 Å². The fourth-order valence-electron chi connectivity index (χ4n) is 2.17. The highest BCUT2D eigenvalue weighted by Crippen LogP contribution is 2.31. The number of hydrogen-bond donors (Lipinski definition) is 1. The molecule has 0 aliphatic carbocycles. The molecule has 3 rings (SSSR count). The van der Waals surface area contributed by atoms with Crippen LogP contribution in [0, 0.1) is 0 Å². The minimum absolute atomic E-state index is 0.118. The van der Waals surface area contributed by atoms with Crippen LogP contribution in [-0.2, 0) is 5.41 Å². The molecule has 0 amide bonds. The van der Waals surface area contributed by atoms with Gasteiger partial charge in [0.25, 0.3) is 0 Å². The molecule has 2 aromatic carbocycles. The van der Waals surface area contributed by atoms with Crippen LogP contribution in [0.2, 0.25) is 0 Å². The largest absolute Gasteiger partial charge is 0.504 e. The Morgan fingerprint density at radius 2 is 1.70 bits per heavy atom. The third-order valence-corrected chi connectivity index (χ3v) is 3.39. The zero-order chi connectivity index (χ0) is 14.3. The molecule has 0 radical (unpaired) electrons. The molecule has 3 aromatic rings. The highest BCUT2D eigenvalue weighted by Gasteiger charge is 2.15. The SMILES string of the molecule is CC(C)(C)c1ccc(-c2nc3cccc(O)c3o2)cc1. The normalized spacial score (nSPS) is 11.9. The van der Waals surface area contributed by atoms with Crippen LogP contribution in [0.5, 0.6) is 5.75 Å². The predicted octanol–water partition coefficient (Wildman–Crippen LogP) is 4.50. The number of oxazole rings is 1. The van der Waals surface area contributed by atoms with E-state index in [0.717, 1.165) is 5.56 Å². The number of aromatic hydroxyl groups is 1. The summed E-state index contributed by atoms with van der Waals surface area (Å²) in [6, 6.07) is 13.4. The number of phenols is 1. The summed E-state index contributed by atoms with van der Waals surface area (Å²) in [5, 5.41) is 9.75. The predicted molar refractivity (Wildman–Crippen MR) is 79.8 cm³/mol. The average Bonchev–Trinajstić information content (AvgIpc) is 2.83. The Labute approximate surface area is 117 Å². The fourth-order valence-corrected chi connectivity index (χ4v) is 2.17. The second kappa shape index (κ2) is 4.37. The van der Waals surface area contributed by atoms with Crippen molar-refractivity contribution in [2.75, 3.05) is 0 Å². The molecule has 3 heteroatoms. The Kier molecular flexibility index (Phi) is 2.78. The number of phenolic OH excluding ortho intramolecular Hbond substituents is 1. The highest BCUT2D eigenvalue weighted by atomic mass is 16.4. The summed E-state index contributed by atoms with van der Waals surface area (Å²) in [5.74, 6) is 0.648. The Hall–Kier alpha value is -2.29. The molecule has 1 aromatic heterocycles. The molecule has 0 saturated heterocycles. The van der Waals surface area contributed by atoms with Crippen LogP contribution in [0.4, 0.5) is 0 Å². The van der Waals surface area contributed by atoms with Crippen molar-refractivity contribution < 1.29 is 9.52 Å². The molecular formula is C17H17NO2. The first-order chi connectivity index (χ1) is 9.45. The first-order valence-electron chi connectivity index (χ1n) is 6.64. The van der Waals surface area contributed by atoms with Crippen molar-refractivity contribution in [3.8, 4) is 17.2 Å². The lowest BCUT2D eigenvalue weighted by Gasteiger charge is -2.18. The molecule has 3 nitrogen and oxygen atoms in total. The molecule has 0 aliphatic heterocycles. The van der Waals surface area contributed by atoms with Gasteiger partial charge in [0, 0.05) is 5.56 Å². The maximum Gasteiger partial charge on any atom is 0.227 e. The van der Waals surface area contributed by atoms with E-state index in [1.165, 1.54) is 5.56 Å². The van der Waals surface area contributed by atoms with Crippen molar-refractivity contribution in [2.45, 2.75) is 26.2 Å². The summed E-state index contributed by atoms with van der Waals surface area (Å²) in [6.45, 7) is 6.54. The number of aromatic nitrogens is 1. The zero-order valence-corrected chi connectivity index (χ0v) is 11.8. The number of nitrogens with zero attached hydrogens (tertiary/aromatic N) is 1. The number of rotatable bonds is 1. The van der Waals surface area contributed by atoms with E-state index in [4.69, 9.17) is 4.42 Å². The van der Waals surface area contributed by atoms with E-state index in [1.807, 2.05) is 18.2 Å². The maximum absolute atomic E-state index is 9.75. The van der Waals surface area contributed by atoms with Crippen molar-refractivity contribution in [1.82, 2.24) is 4.98 Å². The Balaban J connectivity index is 2.05. The highest BCUT2D eigenvalue weighted by molar-refractivity contribution is 5.81. The third kappa shape index (κ3) is 2.16. The average molecular weight is 267 g/mol. The molecule has 0 spiro atoms. The fraction of sp³-hybridized carbons (Fsp3) is 0.235. The van der Waals surface area contributed by atoms with Crippen molar-refractivity contribution in [2.24, 2.45) is 0 Å². The van der Waals surface area contributed by atoms with Crippen LogP contribution in [0.1, 0.15) is 26.3 Å². The molecule has 0 bridgehead atoms. The summed E-state index contributed by atoms with van der Waals surface area (Å²) in [6.07, 6.45) is 0. The first kappa shape index (κ1) is 12.7. The minimum atomic E-state index is 0.118. The third-order valence-electron chi connectivity index (χ3n) is 3.39. The van der Waals surface area contributed by atoms with Crippen molar-refractivity contribution in [1.29, 1.82) is 0 Å². The summed E-state index contributed by atoms with van der Waals surface area (Å²) < 4.78 is 5.65. The van der Waals surface area contributed by atoms with Gasteiger partial charge in [-0.3, -0.25) is 0 Å². The summed E-state index contributed by atoms with van der Waals surface area (Å²) >= 11 is 0. The lowest BCUT2D eigenvalue weighted by Crippen LogP contribution is -2.10. The Morgan fingerprint density at radius 1 is 1.00 bits per heavy atom. The van der Waals surface area contributed by atoms with E-state index in [2.05, 4.69) is 37.9 Å². The monoisotopic (exact) mass is 267 g/mol. The van der Waals surface area contributed by atoms with E-state index in [-0.39, 0.29) is 11.2 Å². The van der Waals surface area contributed by atoms with E-state index in [0.29, 0.717) is 17.0 Å². The smallest absolute Gasteiger partial charge is 0.227 e. The van der Waals surface area contributed by atoms with E-state index < -0.39 is 0 Å². The number of benzene rings is 2. The van der Waals surface area contributed by atoms with Gasteiger partial charge >= 0.3 is 0 Å². The maximum atomic E-state index is 9.75. The summed E-state index contributed by atoms with van der Waals surface area (Å²) in [5.41, 5.74) is 3.40. The molecule has 0 aliphatic rings. The quantitative estimate of drug-likeness (QED) is 0.706. The number of para-hydroxylation sites is 1. The van der Waals surface area contributed by atoms with Gasteiger partial charge in [0.2, 0.25) is 5.89 Å². The molecule has 1 N–H and O–H groups in total. The Bertz CT molecular complexity index is 749. The zero-order valence-electron chi connectivity index (χ0n) is 11.8.